The highest BCUT2D eigenvalue weighted by Crippen LogP contribution is 2.34. The Morgan fingerprint density at radius 2 is 2.10 bits per heavy atom. The van der Waals surface area contributed by atoms with E-state index in [1.165, 1.54) is 38.6 Å². The van der Waals surface area contributed by atoms with Crippen LogP contribution in [0.3, 0.4) is 0 Å². The second kappa shape index (κ2) is 2.54. The standard InChI is InChI=1S/C9H17N/c1-2-8-4-3-7-10(8)9-5-6-9/h8-9H,2-7H2,1H3. The lowest BCUT2D eigenvalue weighted by Crippen LogP contribution is -2.30. The molecule has 2 aliphatic rings. The highest BCUT2D eigenvalue weighted by atomic mass is 15.2. The van der Waals surface area contributed by atoms with Crippen LogP contribution in [0.15, 0.2) is 0 Å². The molecule has 1 aliphatic heterocycles. The minimum Gasteiger partial charge on any atom is -0.297 e. The number of hydrogen-bond donors (Lipinski definition) is 0. The van der Waals surface area contributed by atoms with Gasteiger partial charge >= 0.3 is 0 Å². The van der Waals surface area contributed by atoms with Gasteiger partial charge in [0.1, 0.15) is 0 Å². The van der Waals surface area contributed by atoms with E-state index in [1.54, 1.807) is 0 Å². The molecule has 1 heteroatoms. The van der Waals surface area contributed by atoms with Gasteiger partial charge in [0.15, 0.2) is 0 Å². The van der Waals surface area contributed by atoms with Gasteiger partial charge in [0.25, 0.3) is 0 Å². The first-order valence-electron chi connectivity index (χ1n) is 4.67. The number of hydrogen-bond acceptors (Lipinski definition) is 1. The second-order valence-corrected chi connectivity index (χ2v) is 3.67. The van der Waals surface area contributed by atoms with Crippen molar-refractivity contribution in [3.63, 3.8) is 0 Å². The summed E-state index contributed by atoms with van der Waals surface area (Å²) in [6.45, 7) is 3.72. The van der Waals surface area contributed by atoms with E-state index in [9.17, 15) is 0 Å². The third kappa shape index (κ3) is 1.07. The Kier molecular flexibility index (Phi) is 1.69. The minimum absolute atomic E-state index is 0.951. The van der Waals surface area contributed by atoms with Gasteiger partial charge in [-0.15, -0.1) is 0 Å². The fourth-order valence-electron chi connectivity index (χ4n) is 2.18. The fraction of sp³-hybridized carbons (Fsp3) is 1.00. The molecule has 2 fully saturated rings. The Morgan fingerprint density at radius 3 is 2.70 bits per heavy atom. The Bertz CT molecular complexity index is 118. The molecule has 0 radical (unpaired) electrons. The maximum atomic E-state index is 2.74. The van der Waals surface area contributed by atoms with Crippen LogP contribution < -0.4 is 0 Å². The highest BCUT2D eigenvalue weighted by molar-refractivity contribution is 4.91. The summed E-state index contributed by atoms with van der Waals surface area (Å²) in [6.07, 6.45) is 7.26. The van der Waals surface area contributed by atoms with Crippen LogP contribution in [0.4, 0.5) is 0 Å². The largest absolute Gasteiger partial charge is 0.297 e. The molecular weight excluding hydrogens is 122 g/mol. The van der Waals surface area contributed by atoms with Crippen LogP contribution in [0.25, 0.3) is 0 Å². The zero-order chi connectivity index (χ0) is 6.97. The van der Waals surface area contributed by atoms with Crippen molar-refractivity contribution in [3.8, 4) is 0 Å². The molecule has 2 rings (SSSR count). The van der Waals surface area contributed by atoms with E-state index in [-0.39, 0.29) is 0 Å². The van der Waals surface area contributed by atoms with Gasteiger partial charge in [-0.25, -0.2) is 0 Å². The van der Waals surface area contributed by atoms with E-state index in [1.807, 2.05) is 0 Å². The van der Waals surface area contributed by atoms with E-state index >= 15 is 0 Å². The van der Waals surface area contributed by atoms with Crippen molar-refractivity contribution in [2.24, 2.45) is 0 Å². The van der Waals surface area contributed by atoms with Gasteiger partial charge in [0, 0.05) is 12.1 Å². The highest BCUT2D eigenvalue weighted by Gasteiger charge is 2.35. The lowest BCUT2D eigenvalue weighted by molar-refractivity contribution is 0.238. The predicted octanol–water partition coefficient (Wildman–Crippen LogP) is 2.02. The lowest BCUT2D eigenvalue weighted by atomic mass is 10.2. The first-order chi connectivity index (χ1) is 4.92. The minimum atomic E-state index is 0.951. The van der Waals surface area contributed by atoms with Crippen molar-refractivity contribution in [1.29, 1.82) is 0 Å². The van der Waals surface area contributed by atoms with Crippen molar-refractivity contribution in [2.75, 3.05) is 6.54 Å². The van der Waals surface area contributed by atoms with E-state index in [2.05, 4.69) is 11.8 Å². The molecule has 1 atom stereocenters. The average molecular weight is 139 g/mol. The summed E-state index contributed by atoms with van der Waals surface area (Å²) in [5.74, 6) is 0. The maximum Gasteiger partial charge on any atom is 0.00993 e. The monoisotopic (exact) mass is 139 g/mol. The van der Waals surface area contributed by atoms with Crippen LogP contribution in [-0.2, 0) is 0 Å². The van der Waals surface area contributed by atoms with E-state index < -0.39 is 0 Å². The summed E-state index contributed by atoms with van der Waals surface area (Å²) >= 11 is 0. The van der Waals surface area contributed by atoms with Crippen molar-refractivity contribution in [3.05, 3.63) is 0 Å². The van der Waals surface area contributed by atoms with E-state index in [0.717, 1.165) is 12.1 Å². The summed E-state index contributed by atoms with van der Waals surface area (Å²) < 4.78 is 0. The molecule has 0 spiro atoms. The zero-order valence-corrected chi connectivity index (χ0v) is 6.84. The summed E-state index contributed by atoms with van der Waals surface area (Å²) in [6, 6.07) is 1.96. The van der Waals surface area contributed by atoms with Crippen LogP contribution in [0.2, 0.25) is 0 Å². The number of nitrogens with zero attached hydrogens (tertiary/aromatic N) is 1. The lowest BCUT2D eigenvalue weighted by Gasteiger charge is -2.22. The molecule has 10 heavy (non-hydrogen) atoms. The molecule has 58 valence electrons. The summed E-state index contributed by atoms with van der Waals surface area (Å²) in [5, 5.41) is 0. The second-order valence-electron chi connectivity index (χ2n) is 3.67. The van der Waals surface area contributed by atoms with Gasteiger partial charge in [0.05, 0.1) is 0 Å². The van der Waals surface area contributed by atoms with Gasteiger partial charge in [-0.1, -0.05) is 6.92 Å². The van der Waals surface area contributed by atoms with Crippen molar-refractivity contribution in [1.82, 2.24) is 4.90 Å². The van der Waals surface area contributed by atoms with Crippen LogP contribution in [0.1, 0.15) is 39.0 Å². The van der Waals surface area contributed by atoms with E-state index in [0.29, 0.717) is 0 Å². The third-order valence-electron chi connectivity index (χ3n) is 2.91. The van der Waals surface area contributed by atoms with Gasteiger partial charge in [-0.3, -0.25) is 4.90 Å². The van der Waals surface area contributed by atoms with Crippen LogP contribution in [0, 0.1) is 0 Å². The molecule has 1 nitrogen and oxygen atoms in total. The number of likely N-dealkylation sites (tertiary alicyclic amines) is 1. The Labute approximate surface area is 63.4 Å². The zero-order valence-electron chi connectivity index (χ0n) is 6.84. The van der Waals surface area contributed by atoms with Gasteiger partial charge in [0.2, 0.25) is 0 Å². The molecular formula is C9H17N. The maximum absolute atomic E-state index is 2.74. The predicted molar refractivity (Wildman–Crippen MR) is 43.0 cm³/mol. The van der Waals surface area contributed by atoms with Crippen molar-refractivity contribution < 1.29 is 0 Å². The topological polar surface area (TPSA) is 3.24 Å². The van der Waals surface area contributed by atoms with Crippen LogP contribution in [0.5, 0.6) is 0 Å². The third-order valence-corrected chi connectivity index (χ3v) is 2.91. The quantitative estimate of drug-likeness (QED) is 0.565. The average Bonchev–Trinajstić information content (AvgIpc) is 2.69. The molecule has 0 bridgehead atoms. The summed E-state index contributed by atoms with van der Waals surface area (Å²) in [4.78, 5) is 2.74. The molecule has 1 saturated heterocycles. The molecule has 1 unspecified atom stereocenters. The molecule has 1 heterocycles. The Morgan fingerprint density at radius 1 is 1.30 bits per heavy atom. The Balaban J connectivity index is 1.91. The molecule has 0 amide bonds. The smallest absolute Gasteiger partial charge is 0.00993 e. The van der Waals surface area contributed by atoms with Crippen molar-refractivity contribution in [2.45, 2.75) is 51.1 Å². The van der Waals surface area contributed by atoms with Crippen LogP contribution in [-0.4, -0.2) is 23.5 Å². The molecule has 0 aromatic heterocycles. The molecule has 1 saturated carbocycles. The fourth-order valence-corrected chi connectivity index (χ4v) is 2.18. The molecule has 1 aliphatic carbocycles. The number of rotatable bonds is 2. The van der Waals surface area contributed by atoms with Crippen LogP contribution >= 0.6 is 0 Å². The summed E-state index contributed by atoms with van der Waals surface area (Å²) in [5.41, 5.74) is 0. The molecule has 0 aromatic rings. The van der Waals surface area contributed by atoms with E-state index in [4.69, 9.17) is 0 Å². The summed E-state index contributed by atoms with van der Waals surface area (Å²) in [7, 11) is 0. The normalized spacial score (nSPS) is 35.1. The van der Waals surface area contributed by atoms with Gasteiger partial charge in [-0.05, 0) is 38.6 Å². The molecule has 0 aromatic carbocycles. The first kappa shape index (κ1) is 6.66. The first-order valence-corrected chi connectivity index (χ1v) is 4.67. The SMILES string of the molecule is CCC1CCCN1C1CC1. The van der Waals surface area contributed by atoms with Crippen molar-refractivity contribution >= 4 is 0 Å². The Hall–Kier alpha value is -0.0400. The van der Waals surface area contributed by atoms with Gasteiger partial charge in [-0.2, -0.15) is 0 Å². The van der Waals surface area contributed by atoms with Gasteiger partial charge < -0.3 is 0 Å². The molecule has 0 N–H and O–H groups in total.